The fraction of sp³-hybridized carbons (Fsp3) is 0.364. The van der Waals surface area contributed by atoms with E-state index in [4.69, 9.17) is 9.47 Å². The fourth-order valence-corrected chi connectivity index (χ4v) is 3.09. The van der Waals surface area contributed by atoms with Gasteiger partial charge in [0.05, 0.1) is 18.9 Å². The van der Waals surface area contributed by atoms with Crippen LogP contribution in [0.5, 0.6) is 11.5 Å². The van der Waals surface area contributed by atoms with Crippen LogP contribution < -0.4 is 20.1 Å². The topological polar surface area (TPSA) is 76.7 Å². The number of carbonyl (C=O) groups is 2. The van der Waals surface area contributed by atoms with E-state index in [1.54, 1.807) is 0 Å². The van der Waals surface area contributed by atoms with E-state index in [1.807, 2.05) is 50.2 Å². The first-order valence-electron chi connectivity index (χ1n) is 9.64. The SMILES string of the molecule is CCOc1cc(C)ccc1NC(=O)CCCOc1ccc2c(c1)CCC(=O)N2. The average Bonchev–Trinajstić information content (AvgIpc) is 2.67. The van der Waals surface area contributed by atoms with Crippen molar-refractivity contribution in [2.45, 2.75) is 39.5 Å². The quantitative estimate of drug-likeness (QED) is 0.675. The summed E-state index contributed by atoms with van der Waals surface area (Å²) in [6, 6.07) is 11.4. The first-order chi connectivity index (χ1) is 13.5. The lowest BCUT2D eigenvalue weighted by Gasteiger charge is -2.17. The maximum Gasteiger partial charge on any atom is 0.224 e. The van der Waals surface area contributed by atoms with Gasteiger partial charge in [-0.1, -0.05) is 6.07 Å². The summed E-state index contributed by atoms with van der Waals surface area (Å²) < 4.78 is 11.3. The Bertz CT molecular complexity index is 864. The van der Waals surface area contributed by atoms with Gasteiger partial charge in [0.15, 0.2) is 0 Å². The number of carbonyl (C=O) groups excluding carboxylic acids is 2. The van der Waals surface area contributed by atoms with Gasteiger partial charge in [-0.05, 0) is 68.1 Å². The van der Waals surface area contributed by atoms with E-state index in [9.17, 15) is 9.59 Å². The first-order valence-corrected chi connectivity index (χ1v) is 9.64. The highest BCUT2D eigenvalue weighted by Crippen LogP contribution is 2.27. The second-order valence-electron chi connectivity index (χ2n) is 6.80. The molecule has 2 N–H and O–H groups in total. The van der Waals surface area contributed by atoms with E-state index in [0.717, 1.165) is 29.0 Å². The molecule has 0 radical (unpaired) electrons. The number of amides is 2. The van der Waals surface area contributed by atoms with Crippen LogP contribution in [-0.4, -0.2) is 25.0 Å². The summed E-state index contributed by atoms with van der Waals surface area (Å²) in [6.07, 6.45) is 2.19. The molecule has 0 fully saturated rings. The monoisotopic (exact) mass is 382 g/mol. The summed E-state index contributed by atoms with van der Waals surface area (Å²) in [5, 5.41) is 5.76. The standard InChI is InChI=1S/C22H26N2O4/c1-3-27-20-13-15(2)6-9-19(20)24-21(25)5-4-12-28-17-8-10-18-16(14-17)7-11-22(26)23-18/h6,8-10,13-14H,3-5,7,11-12H2,1-2H3,(H,23,26)(H,24,25). The molecule has 6 heteroatoms. The summed E-state index contributed by atoms with van der Waals surface area (Å²) in [6.45, 7) is 4.90. The second kappa shape index (κ2) is 9.26. The number of benzene rings is 2. The van der Waals surface area contributed by atoms with E-state index in [2.05, 4.69) is 10.6 Å². The van der Waals surface area contributed by atoms with Gasteiger partial charge in [0.25, 0.3) is 0 Å². The first kappa shape index (κ1) is 19.7. The largest absolute Gasteiger partial charge is 0.494 e. The molecule has 6 nitrogen and oxygen atoms in total. The van der Waals surface area contributed by atoms with Crippen LogP contribution >= 0.6 is 0 Å². The molecule has 0 aliphatic carbocycles. The van der Waals surface area contributed by atoms with Gasteiger partial charge in [-0.25, -0.2) is 0 Å². The molecule has 28 heavy (non-hydrogen) atoms. The number of hydrogen-bond acceptors (Lipinski definition) is 4. The highest BCUT2D eigenvalue weighted by Gasteiger charge is 2.15. The van der Waals surface area contributed by atoms with Crippen molar-refractivity contribution in [3.05, 3.63) is 47.5 Å². The summed E-state index contributed by atoms with van der Waals surface area (Å²) in [7, 11) is 0. The Labute approximate surface area is 165 Å². The Morgan fingerprint density at radius 1 is 1.14 bits per heavy atom. The van der Waals surface area contributed by atoms with Gasteiger partial charge in [0, 0.05) is 18.5 Å². The molecule has 0 saturated carbocycles. The number of anilines is 2. The molecule has 0 bridgehead atoms. The Balaban J connectivity index is 1.45. The van der Waals surface area contributed by atoms with Crippen LogP contribution in [0.15, 0.2) is 36.4 Å². The second-order valence-corrected chi connectivity index (χ2v) is 6.80. The van der Waals surface area contributed by atoms with Crippen LogP contribution in [0.1, 0.15) is 37.3 Å². The van der Waals surface area contributed by atoms with Crippen LogP contribution in [0, 0.1) is 6.92 Å². The van der Waals surface area contributed by atoms with Crippen LogP contribution in [0.25, 0.3) is 0 Å². The van der Waals surface area contributed by atoms with Crippen LogP contribution in [-0.2, 0) is 16.0 Å². The third-order valence-corrected chi connectivity index (χ3v) is 4.50. The summed E-state index contributed by atoms with van der Waals surface area (Å²) in [5.74, 6) is 1.43. The van der Waals surface area contributed by atoms with Crippen molar-refractivity contribution in [2.24, 2.45) is 0 Å². The summed E-state index contributed by atoms with van der Waals surface area (Å²) in [5.41, 5.74) is 3.71. The predicted octanol–water partition coefficient (Wildman–Crippen LogP) is 4.08. The van der Waals surface area contributed by atoms with E-state index >= 15 is 0 Å². The van der Waals surface area contributed by atoms with Gasteiger partial charge >= 0.3 is 0 Å². The number of hydrogen-bond donors (Lipinski definition) is 2. The van der Waals surface area contributed by atoms with Crippen molar-refractivity contribution in [1.29, 1.82) is 0 Å². The molecule has 2 aromatic rings. The molecule has 1 heterocycles. The van der Waals surface area contributed by atoms with Crippen molar-refractivity contribution < 1.29 is 19.1 Å². The molecular formula is C22H26N2O4. The van der Waals surface area contributed by atoms with Gasteiger partial charge in [-0.2, -0.15) is 0 Å². The van der Waals surface area contributed by atoms with E-state index < -0.39 is 0 Å². The summed E-state index contributed by atoms with van der Waals surface area (Å²) >= 11 is 0. The molecule has 1 aliphatic rings. The maximum atomic E-state index is 12.2. The van der Waals surface area contributed by atoms with Gasteiger partial charge in [-0.15, -0.1) is 0 Å². The zero-order chi connectivity index (χ0) is 19.9. The van der Waals surface area contributed by atoms with Crippen molar-refractivity contribution in [1.82, 2.24) is 0 Å². The molecule has 2 aromatic carbocycles. The van der Waals surface area contributed by atoms with Crippen LogP contribution in [0.2, 0.25) is 0 Å². The summed E-state index contributed by atoms with van der Waals surface area (Å²) in [4.78, 5) is 23.6. The maximum absolute atomic E-state index is 12.2. The highest BCUT2D eigenvalue weighted by atomic mass is 16.5. The average molecular weight is 382 g/mol. The van der Waals surface area contributed by atoms with E-state index in [0.29, 0.717) is 43.9 Å². The van der Waals surface area contributed by atoms with Crippen molar-refractivity contribution >= 4 is 23.2 Å². The Kier molecular flexibility index (Phi) is 6.53. The predicted molar refractivity (Wildman–Crippen MR) is 109 cm³/mol. The lowest BCUT2D eigenvalue weighted by atomic mass is 10.0. The molecule has 2 amide bonds. The third kappa shape index (κ3) is 5.25. The number of nitrogens with one attached hydrogen (secondary N) is 2. The zero-order valence-electron chi connectivity index (χ0n) is 16.3. The minimum absolute atomic E-state index is 0.0493. The Hall–Kier alpha value is -3.02. The lowest BCUT2D eigenvalue weighted by Crippen LogP contribution is -2.18. The molecule has 3 rings (SSSR count). The van der Waals surface area contributed by atoms with Crippen molar-refractivity contribution in [3.63, 3.8) is 0 Å². The molecule has 0 atom stereocenters. The molecular weight excluding hydrogens is 356 g/mol. The van der Waals surface area contributed by atoms with Gasteiger partial charge in [-0.3, -0.25) is 9.59 Å². The number of ether oxygens (including phenoxy) is 2. The molecule has 1 aliphatic heterocycles. The van der Waals surface area contributed by atoms with Crippen molar-refractivity contribution in [3.8, 4) is 11.5 Å². The third-order valence-electron chi connectivity index (χ3n) is 4.50. The van der Waals surface area contributed by atoms with Crippen molar-refractivity contribution in [2.75, 3.05) is 23.8 Å². The zero-order valence-corrected chi connectivity index (χ0v) is 16.3. The lowest BCUT2D eigenvalue weighted by molar-refractivity contribution is -0.117. The van der Waals surface area contributed by atoms with E-state index in [1.165, 1.54) is 0 Å². The minimum Gasteiger partial charge on any atom is -0.494 e. The van der Waals surface area contributed by atoms with Crippen LogP contribution in [0.4, 0.5) is 11.4 Å². The normalized spacial score (nSPS) is 12.7. The minimum atomic E-state index is -0.0680. The molecule has 0 aromatic heterocycles. The fourth-order valence-electron chi connectivity index (χ4n) is 3.09. The van der Waals surface area contributed by atoms with Gasteiger partial charge in [0.1, 0.15) is 11.5 Å². The Morgan fingerprint density at radius 2 is 2.00 bits per heavy atom. The molecule has 0 saturated heterocycles. The van der Waals surface area contributed by atoms with Gasteiger partial charge in [0.2, 0.25) is 11.8 Å². The number of fused-ring (bicyclic) bond motifs is 1. The van der Waals surface area contributed by atoms with Gasteiger partial charge < -0.3 is 20.1 Å². The molecule has 0 spiro atoms. The number of rotatable bonds is 8. The number of aryl methyl sites for hydroxylation is 2. The highest BCUT2D eigenvalue weighted by molar-refractivity contribution is 5.94. The smallest absolute Gasteiger partial charge is 0.224 e. The molecule has 148 valence electrons. The van der Waals surface area contributed by atoms with E-state index in [-0.39, 0.29) is 11.8 Å². The van der Waals surface area contributed by atoms with Crippen LogP contribution in [0.3, 0.4) is 0 Å². The molecule has 0 unspecified atom stereocenters. The Morgan fingerprint density at radius 3 is 2.82 bits per heavy atom.